The lowest BCUT2D eigenvalue weighted by Gasteiger charge is -2.10. The summed E-state index contributed by atoms with van der Waals surface area (Å²) < 4.78 is 4.80. The van der Waals surface area contributed by atoms with Crippen molar-refractivity contribution in [3.05, 3.63) is 12.2 Å². The zero-order valence-electron chi connectivity index (χ0n) is 8.89. The van der Waals surface area contributed by atoms with Crippen molar-refractivity contribution in [3.8, 4) is 0 Å². The van der Waals surface area contributed by atoms with Crippen LogP contribution in [0, 0.1) is 5.41 Å². The summed E-state index contributed by atoms with van der Waals surface area (Å²) in [6, 6.07) is 0. The van der Waals surface area contributed by atoms with E-state index in [0.29, 0.717) is 13.2 Å². The number of amides is 1. The molecule has 0 radical (unpaired) electrons. The van der Waals surface area contributed by atoms with Gasteiger partial charge in [0, 0.05) is 13.7 Å². The molecule has 0 unspecified atom stereocenters. The predicted octanol–water partition coefficient (Wildman–Crippen LogP) is 1.35. The Morgan fingerprint density at radius 3 is 2.54 bits per heavy atom. The Labute approximate surface area is 80.2 Å². The van der Waals surface area contributed by atoms with E-state index >= 15 is 0 Å². The minimum Gasteiger partial charge on any atom is -0.383 e. The van der Waals surface area contributed by atoms with Crippen LogP contribution in [0.1, 0.15) is 20.8 Å². The molecular weight excluding hydrogens is 166 g/mol. The van der Waals surface area contributed by atoms with E-state index in [-0.39, 0.29) is 11.3 Å². The lowest BCUT2D eigenvalue weighted by atomic mass is 9.96. The maximum atomic E-state index is 11.1. The number of hydrogen-bond donors (Lipinski definition) is 1. The van der Waals surface area contributed by atoms with Crippen LogP contribution < -0.4 is 5.32 Å². The molecule has 0 aromatic carbocycles. The molecule has 0 aromatic heterocycles. The van der Waals surface area contributed by atoms with Crippen molar-refractivity contribution in [2.45, 2.75) is 20.8 Å². The van der Waals surface area contributed by atoms with E-state index in [9.17, 15) is 4.79 Å². The van der Waals surface area contributed by atoms with E-state index in [4.69, 9.17) is 4.74 Å². The highest BCUT2D eigenvalue weighted by molar-refractivity contribution is 5.87. The van der Waals surface area contributed by atoms with Gasteiger partial charge in [-0.05, 0) is 11.5 Å². The molecule has 76 valence electrons. The smallest absolute Gasteiger partial charge is 0.243 e. The first-order chi connectivity index (χ1) is 5.95. The van der Waals surface area contributed by atoms with Gasteiger partial charge in [0.05, 0.1) is 6.61 Å². The second-order valence-corrected chi connectivity index (χ2v) is 3.98. The van der Waals surface area contributed by atoms with E-state index in [2.05, 4.69) is 5.32 Å². The highest BCUT2D eigenvalue weighted by Gasteiger charge is 2.04. The number of carbonyl (C=O) groups is 1. The number of hydrogen-bond acceptors (Lipinski definition) is 2. The monoisotopic (exact) mass is 185 g/mol. The third-order valence-electron chi connectivity index (χ3n) is 1.34. The van der Waals surface area contributed by atoms with Crippen molar-refractivity contribution in [3.63, 3.8) is 0 Å². The summed E-state index contributed by atoms with van der Waals surface area (Å²) in [5.74, 6) is -0.0630. The number of allylic oxidation sites excluding steroid dienone is 1. The molecule has 0 spiro atoms. The molecule has 1 amide bonds. The highest BCUT2D eigenvalue weighted by atomic mass is 16.5. The largest absolute Gasteiger partial charge is 0.383 e. The van der Waals surface area contributed by atoms with Crippen molar-refractivity contribution in [1.29, 1.82) is 0 Å². The normalized spacial score (nSPS) is 12.0. The van der Waals surface area contributed by atoms with E-state index in [1.54, 1.807) is 13.2 Å². The quantitative estimate of drug-likeness (QED) is 0.530. The van der Waals surface area contributed by atoms with Crippen LogP contribution in [0.2, 0.25) is 0 Å². The zero-order valence-corrected chi connectivity index (χ0v) is 8.89. The fraction of sp³-hybridized carbons (Fsp3) is 0.700. The number of ether oxygens (including phenoxy) is 1. The summed E-state index contributed by atoms with van der Waals surface area (Å²) in [5, 5.41) is 2.71. The molecule has 0 atom stereocenters. The summed E-state index contributed by atoms with van der Waals surface area (Å²) in [7, 11) is 1.61. The highest BCUT2D eigenvalue weighted by Crippen LogP contribution is 2.13. The van der Waals surface area contributed by atoms with E-state index in [1.807, 2.05) is 26.8 Å². The van der Waals surface area contributed by atoms with Crippen molar-refractivity contribution in [1.82, 2.24) is 5.32 Å². The summed E-state index contributed by atoms with van der Waals surface area (Å²) in [5.41, 5.74) is 0.0542. The predicted molar refractivity (Wildman–Crippen MR) is 53.5 cm³/mol. The Bertz CT molecular complexity index is 180. The van der Waals surface area contributed by atoms with Crippen LogP contribution in [0.15, 0.2) is 12.2 Å². The van der Waals surface area contributed by atoms with Crippen molar-refractivity contribution in [2.24, 2.45) is 5.41 Å². The molecule has 0 saturated carbocycles. The molecular formula is C10H19NO2. The van der Waals surface area contributed by atoms with Crippen LogP contribution in [0.25, 0.3) is 0 Å². The maximum absolute atomic E-state index is 11.1. The van der Waals surface area contributed by atoms with Gasteiger partial charge in [-0.2, -0.15) is 0 Å². The van der Waals surface area contributed by atoms with Crippen LogP contribution in [0.5, 0.6) is 0 Å². The Morgan fingerprint density at radius 2 is 2.08 bits per heavy atom. The van der Waals surface area contributed by atoms with E-state index in [1.165, 1.54) is 0 Å². The Morgan fingerprint density at radius 1 is 1.46 bits per heavy atom. The van der Waals surface area contributed by atoms with Gasteiger partial charge < -0.3 is 10.1 Å². The second-order valence-electron chi connectivity index (χ2n) is 3.98. The SMILES string of the molecule is COCCNC(=O)/C=C/C(C)(C)C. The number of methoxy groups -OCH3 is 1. The lowest BCUT2D eigenvalue weighted by molar-refractivity contribution is -0.116. The number of carbonyl (C=O) groups excluding carboxylic acids is 1. The molecule has 0 aliphatic rings. The molecule has 13 heavy (non-hydrogen) atoms. The molecule has 0 fully saturated rings. The van der Waals surface area contributed by atoms with Crippen LogP contribution in [-0.2, 0) is 9.53 Å². The van der Waals surface area contributed by atoms with Gasteiger partial charge in [-0.25, -0.2) is 0 Å². The number of rotatable bonds is 4. The van der Waals surface area contributed by atoms with Crippen LogP contribution in [0.3, 0.4) is 0 Å². The first kappa shape index (κ1) is 12.2. The summed E-state index contributed by atoms with van der Waals surface area (Å²) >= 11 is 0. The average molecular weight is 185 g/mol. The van der Waals surface area contributed by atoms with Crippen molar-refractivity contribution in [2.75, 3.05) is 20.3 Å². The van der Waals surface area contributed by atoms with Crippen LogP contribution >= 0.6 is 0 Å². The molecule has 0 aliphatic carbocycles. The summed E-state index contributed by atoms with van der Waals surface area (Å²) in [6.45, 7) is 7.25. The molecule has 0 heterocycles. The Balaban J connectivity index is 3.68. The molecule has 1 N–H and O–H groups in total. The maximum Gasteiger partial charge on any atom is 0.243 e. The molecule has 0 bridgehead atoms. The molecule has 0 aromatic rings. The van der Waals surface area contributed by atoms with Gasteiger partial charge in [-0.15, -0.1) is 0 Å². The molecule has 0 rings (SSSR count). The number of nitrogens with one attached hydrogen (secondary N) is 1. The summed E-state index contributed by atoms with van der Waals surface area (Å²) in [6.07, 6.45) is 3.45. The van der Waals surface area contributed by atoms with Gasteiger partial charge in [0.25, 0.3) is 0 Å². The van der Waals surface area contributed by atoms with Crippen molar-refractivity contribution >= 4 is 5.91 Å². The van der Waals surface area contributed by atoms with Gasteiger partial charge in [-0.1, -0.05) is 26.8 Å². The minimum atomic E-state index is -0.0630. The Hall–Kier alpha value is -0.830. The minimum absolute atomic E-state index is 0.0542. The molecule has 3 nitrogen and oxygen atoms in total. The van der Waals surface area contributed by atoms with E-state index in [0.717, 1.165) is 0 Å². The fourth-order valence-electron chi connectivity index (χ4n) is 0.661. The zero-order chi connectivity index (χ0) is 10.3. The third-order valence-corrected chi connectivity index (χ3v) is 1.34. The standard InChI is InChI=1S/C10H19NO2/c1-10(2,3)6-5-9(12)11-7-8-13-4/h5-6H,7-8H2,1-4H3,(H,11,12)/b6-5+. The fourth-order valence-corrected chi connectivity index (χ4v) is 0.661. The van der Waals surface area contributed by atoms with Crippen molar-refractivity contribution < 1.29 is 9.53 Å². The topological polar surface area (TPSA) is 38.3 Å². The summed E-state index contributed by atoms with van der Waals surface area (Å²) in [4.78, 5) is 11.1. The first-order valence-electron chi connectivity index (χ1n) is 4.42. The van der Waals surface area contributed by atoms with Gasteiger partial charge in [-0.3, -0.25) is 4.79 Å². The van der Waals surface area contributed by atoms with Crippen LogP contribution in [0.4, 0.5) is 0 Å². The first-order valence-corrected chi connectivity index (χ1v) is 4.42. The van der Waals surface area contributed by atoms with Gasteiger partial charge >= 0.3 is 0 Å². The average Bonchev–Trinajstić information content (AvgIpc) is 2.00. The third kappa shape index (κ3) is 9.08. The van der Waals surface area contributed by atoms with Gasteiger partial charge in [0.2, 0.25) is 5.91 Å². The molecule has 0 saturated heterocycles. The van der Waals surface area contributed by atoms with E-state index < -0.39 is 0 Å². The molecule has 0 aliphatic heterocycles. The van der Waals surface area contributed by atoms with Crippen LogP contribution in [-0.4, -0.2) is 26.2 Å². The van der Waals surface area contributed by atoms with Gasteiger partial charge in [0.1, 0.15) is 0 Å². The Kier molecular flexibility index (Phi) is 5.39. The second kappa shape index (κ2) is 5.75. The van der Waals surface area contributed by atoms with Gasteiger partial charge in [0.15, 0.2) is 0 Å². The molecule has 3 heteroatoms. The lowest BCUT2D eigenvalue weighted by Crippen LogP contribution is -2.25.